The van der Waals surface area contributed by atoms with Crippen LogP contribution in [0.4, 0.5) is 5.13 Å². The third kappa shape index (κ3) is 3.58. The van der Waals surface area contributed by atoms with E-state index in [1.807, 2.05) is 41.9 Å². The predicted molar refractivity (Wildman–Crippen MR) is 111 cm³/mol. The fourth-order valence-corrected chi connectivity index (χ4v) is 4.26. The Hall–Kier alpha value is -2.91. The van der Waals surface area contributed by atoms with E-state index in [9.17, 15) is 4.79 Å². The van der Waals surface area contributed by atoms with Gasteiger partial charge in [0, 0.05) is 10.9 Å². The minimum Gasteiger partial charge on any atom is -0.294 e. The third-order valence-corrected chi connectivity index (χ3v) is 5.74. The molecular weight excluding hydrogens is 392 g/mol. The van der Waals surface area contributed by atoms with Crippen LogP contribution in [-0.2, 0) is 0 Å². The Morgan fingerprint density at radius 2 is 2.00 bits per heavy atom. The Morgan fingerprint density at radius 1 is 1.18 bits per heavy atom. The molecule has 9 heteroatoms. The van der Waals surface area contributed by atoms with Crippen molar-refractivity contribution in [3.05, 3.63) is 58.3 Å². The lowest BCUT2D eigenvalue weighted by molar-refractivity contribution is 0.101. The Kier molecular flexibility index (Phi) is 5.01. The normalized spacial score (nSPS) is 11.1. The average Bonchev–Trinajstić information content (AvgIpc) is 3.42. The molecule has 0 radical (unpaired) electrons. The smallest absolute Gasteiger partial charge is 0.294 e. The van der Waals surface area contributed by atoms with Crippen LogP contribution >= 0.6 is 22.7 Å². The summed E-state index contributed by atoms with van der Waals surface area (Å²) in [5.74, 6) is 0.670. The molecule has 1 N–H and O–H groups in total. The molecule has 0 saturated carbocycles. The predicted octanol–water partition coefficient (Wildman–Crippen LogP) is 4.53. The fourth-order valence-electron chi connectivity index (χ4n) is 2.81. The van der Waals surface area contributed by atoms with E-state index in [0.717, 1.165) is 21.8 Å². The number of aryl methyl sites for hydroxylation is 1. The maximum absolute atomic E-state index is 12.6. The summed E-state index contributed by atoms with van der Waals surface area (Å²) in [6, 6.07) is 9.97. The number of hydrogen-bond acceptors (Lipinski definition) is 7. The number of aromatic nitrogens is 5. The molecule has 4 aromatic rings. The van der Waals surface area contributed by atoms with Crippen LogP contribution in [0.1, 0.15) is 41.8 Å². The molecule has 0 atom stereocenters. The van der Waals surface area contributed by atoms with Crippen LogP contribution in [0.15, 0.2) is 41.1 Å². The number of carbonyl (C=O) groups excluding carboxylic acids is 1. The molecule has 0 fully saturated rings. The SMILES string of the molecule is Cc1nc(C(=O)Nc2nnc(-c3ccsc3)s2)nn1-c1ccccc1C(C)C. The number of amides is 1. The van der Waals surface area contributed by atoms with Crippen LogP contribution in [0.5, 0.6) is 0 Å². The Bertz CT molecular complexity index is 1110. The number of anilines is 1. The highest BCUT2D eigenvalue weighted by atomic mass is 32.1. The molecular formula is C19H18N6OS2. The van der Waals surface area contributed by atoms with Crippen LogP contribution in [0.2, 0.25) is 0 Å². The van der Waals surface area contributed by atoms with E-state index in [1.165, 1.54) is 11.3 Å². The zero-order valence-corrected chi connectivity index (χ0v) is 17.2. The Labute approximate surface area is 170 Å². The number of hydrogen-bond donors (Lipinski definition) is 1. The summed E-state index contributed by atoms with van der Waals surface area (Å²) in [5.41, 5.74) is 3.07. The molecule has 0 unspecified atom stereocenters. The first-order valence-electron chi connectivity index (χ1n) is 8.73. The largest absolute Gasteiger partial charge is 0.297 e. The number of rotatable bonds is 5. The molecule has 7 nitrogen and oxygen atoms in total. The van der Waals surface area contributed by atoms with E-state index in [-0.39, 0.29) is 5.82 Å². The van der Waals surface area contributed by atoms with Gasteiger partial charge in [0.2, 0.25) is 11.0 Å². The van der Waals surface area contributed by atoms with Gasteiger partial charge in [0.1, 0.15) is 10.8 Å². The molecule has 0 aliphatic rings. The third-order valence-electron chi connectivity index (χ3n) is 4.17. The van der Waals surface area contributed by atoms with Crippen LogP contribution in [0.3, 0.4) is 0 Å². The first-order valence-corrected chi connectivity index (χ1v) is 10.5. The van der Waals surface area contributed by atoms with Crippen LogP contribution in [0.25, 0.3) is 16.3 Å². The van der Waals surface area contributed by atoms with E-state index in [1.54, 1.807) is 16.0 Å². The van der Waals surface area contributed by atoms with Gasteiger partial charge >= 0.3 is 0 Å². The standard InChI is InChI=1S/C19H18N6OS2/c1-11(2)14-6-4-5-7-15(14)25-12(3)20-16(24-25)17(26)21-19-23-22-18(28-19)13-8-9-27-10-13/h4-11H,1-3H3,(H,21,23,26). The number of nitrogens with one attached hydrogen (secondary N) is 1. The Morgan fingerprint density at radius 3 is 2.75 bits per heavy atom. The average molecular weight is 411 g/mol. The summed E-state index contributed by atoms with van der Waals surface area (Å²) in [7, 11) is 0. The summed E-state index contributed by atoms with van der Waals surface area (Å²) in [5, 5.41) is 20.5. The lowest BCUT2D eigenvalue weighted by atomic mass is 10.0. The van der Waals surface area contributed by atoms with Crippen molar-refractivity contribution in [3.8, 4) is 16.3 Å². The van der Waals surface area contributed by atoms with Gasteiger partial charge in [-0.2, -0.15) is 11.3 Å². The molecule has 142 valence electrons. The van der Waals surface area contributed by atoms with E-state index >= 15 is 0 Å². The van der Waals surface area contributed by atoms with Gasteiger partial charge in [-0.1, -0.05) is 43.4 Å². The fraction of sp³-hybridized carbons (Fsp3) is 0.211. The summed E-state index contributed by atoms with van der Waals surface area (Å²) in [6.45, 7) is 6.08. The van der Waals surface area contributed by atoms with Crippen LogP contribution < -0.4 is 5.32 Å². The molecule has 28 heavy (non-hydrogen) atoms. The molecule has 0 aliphatic carbocycles. The quantitative estimate of drug-likeness (QED) is 0.522. The van der Waals surface area contributed by atoms with Gasteiger partial charge in [-0.15, -0.1) is 15.3 Å². The van der Waals surface area contributed by atoms with Crippen molar-refractivity contribution in [3.63, 3.8) is 0 Å². The minimum absolute atomic E-state index is 0.100. The van der Waals surface area contributed by atoms with Gasteiger partial charge < -0.3 is 0 Å². The van der Waals surface area contributed by atoms with Crippen molar-refractivity contribution in [2.24, 2.45) is 0 Å². The van der Waals surface area contributed by atoms with E-state index in [2.05, 4.69) is 45.5 Å². The molecule has 0 aliphatic heterocycles. The second-order valence-electron chi connectivity index (χ2n) is 6.49. The lowest BCUT2D eigenvalue weighted by Crippen LogP contribution is -2.14. The van der Waals surface area contributed by atoms with Gasteiger partial charge in [-0.25, -0.2) is 9.67 Å². The number of carbonyl (C=O) groups is 1. The van der Waals surface area contributed by atoms with Crippen molar-refractivity contribution in [1.29, 1.82) is 0 Å². The Balaban J connectivity index is 1.58. The first-order chi connectivity index (χ1) is 13.5. The molecule has 0 bridgehead atoms. The molecule has 0 saturated heterocycles. The maximum Gasteiger partial charge on any atom is 0.297 e. The van der Waals surface area contributed by atoms with E-state index < -0.39 is 5.91 Å². The van der Waals surface area contributed by atoms with E-state index in [0.29, 0.717) is 16.9 Å². The number of nitrogens with zero attached hydrogens (tertiary/aromatic N) is 5. The molecule has 1 aromatic carbocycles. The van der Waals surface area contributed by atoms with Crippen molar-refractivity contribution in [2.75, 3.05) is 5.32 Å². The highest BCUT2D eigenvalue weighted by Crippen LogP contribution is 2.28. The first kappa shape index (κ1) is 18.5. The van der Waals surface area contributed by atoms with Crippen molar-refractivity contribution >= 4 is 33.7 Å². The monoisotopic (exact) mass is 410 g/mol. The van der Waals surface area contributed by atoms with Gasteiger partial charge in [-0.3, -0.25) is 10.1 Å². The number of benzene rings is 1. The van der Waals surface area contributed by atoms with Gasteiger partial charge in [0.25, 0.3) is 5.91 Å². The van der Waals surface area contributed by atoms with Crippen LogP contribution in [-0.4, -0.2) is 30.9 Å². The lowest BCUT2D eigenvalue weighted by Gasteiger charge is -2.12. The molecule has 4 rings (SSSR count). The highest BCUT2D eigenvalue weighted by molar-refractivity contribution is 7.19. The zero-order valence-electron chi connectivity index (χ0n) is 15.6. The van der Waals surface area contributed by atoms with Gasteiger partial charge in [0.05, 0.1) is 5.69 Å². The van der Waals surface area contributed by atoms with Crippen LogP contribution in [0, 0.1) is 6.92 Å². The summed E-state index contributed by atoms with van der Waals surface area (Å²) in [4.78, 5) is 17.0. The zero-order chi connectivity index (χ0) is 19.7. The minimum atomic E-state index is -0.406. The van der Waals surface area contributed by atoms with Crippen molar-refractivity contribution < 1.29 is 4.79 Å². The molecule has 3 aromatic heterocycles. The van der Waals surface area contributed by atoms with Gasteiger partial charge in [-0.05, 0) is 35.9 Å². The van der Waals surface area contributed by atoms with E-state index in [4.69, 9.17) is 0 Å². The number of para-hydroxylation sites is 1. The second kappa shape index (κ2) is 7.61. The second-order valence-corrected chi connectivity index (χ2v) is 8.24. The maximum atomic E-state index is 12.6. The number of thiophene rings is 1. The summed E-state index contributed by atoms with van der Waals surface area (Å²) >= 11 is 2.91. The van der Waals surface area contributed by atoms with Crippen molar-refractivity contribution in [1.82, 2.24) is 25.0 Å². The molecule has 0 spiro atoms. The molecule has 3 heterocycles. The topological polar surface area (TPSA) is 85.6 Å². The summed E-state index contributed by atoms with van der Waals surface area (Å²) in [6.07, 6.45) is 0. The highest BCUT2D eigenvalue weighted by Gasteiger charge is 2.19. The van der Waals surface area contributed by atoms with Gasteiger partial charge in [0.15, 0.2) is 0 Å². The van der Waals surface area contributed by atoms with Crippen molar-refractivity contribution in [2.45, 2.75) is 26.7 Å². The summed E-state index contributed by atoms with van der Waals surface area (Å²) < 4.78 is 1.71. The molecule has 1 amide bonds.